The van der Waals surface area contributed by atoms with Crippen LogP contribution in [0.2, 0.25) is 0 Å². The third-order valence-corrected chi connectivity index (χ3v) is 4.07. The van der Waals surface area contributed by atoms with Gasteiger partial charge in [0.15, 0.2) is 0 Å². The minimum atomic E-state index is 0.531. The molecule has 2 rings (SSSR count). The molecular formula is C15H26N2O. The van der Waals surface area contributed by atoms with Gasteiger partial charge < -0.3 is 15.1 Å². The zero-order valence-corrected chi connectivity index (χ0v) is 11.5. The number of furan rings is 1. The topological polar surface area (TPSA) is 37.2 Å². The minimum absolute atomic E-state index is 0.531. The van der Waals surface area contributed by atoms with Crippen LogP contribution in [-0.4, -0.2) is 26.2 Å². The fourth-order valence-electron chi connectivity index (χ4n) is 3.02. The summed E-state index contributed by atoms with van der Waals surface area (Å²) in [7, 11) is 0. The van der Waals surface area contributed by atoms with E-state index in [0.29, 0.717) is 5.41 Å². The fourth-order valence-corrected chi connectivity index (χ4v) is 3.02. The van der Waals surface area contributed by atoms with Gasteiger partial charge >= 0.3 is 0 Å². The summed E-state index contributed by atoms with van der Waals surface area (Å²) in [5.74, 6) is 1.08. The molecule has 0 saturated carbocycles. The quantitative estimate of drug-likeness (QED) is 0.730. The van der Waals surface area contributed by atoms with E-state index in [4.69, 9.17) is 4.42 Å². The molecular weight excluding hydrogens is 224 g/mol. The van der Waals surface area contributed by atoms with Crippen LogP contribution in [0.1, 0.15) is 38.4 Å². The van der Waals surface area contributed by atoms with E-state index in [2.05, 4.69) is 17.6 Å². The van der Waals surface area contributed by atoms with Gasteiger partial charge in [-0.3, -0.25) is 0 Å². The standard InChI is InChI=1S/C15H26N2O/c1-2-6-15(7-10-16-11-8-15)13-17-9-5-14-4-3-12-18-14/h3-4,12,16-17H,2,5-11,13H2,1H3. The number of nitrogens with one attached hydrogen (secondary N) is 2. The van der Waals surface area contributed by atoms with Crippen molar-refractivity contribution in [1.82, 2.24) is 10.6 Å². The summed E-state index contributed by atoms with van der Waals surface area (Å²) in [4.78, 5) is 0. The second-order valence-corrected chi connectivity index (χ2v) is 5.51. The van der Waals surface area contributed by atoms with Gasteiger partial charge in [-0.15, -0.1) is 0 Å². The lowest BCUT2D eigenvalue weighted by molar-refractivity contribution is 0.176. The van der Waals surface area contributed by atoms with Gasteiger partial charge in [-0.2, -0.15) is 0 Å². The van der Waals surface area contributed by atoms with Crippen molar-refractivity contribution < 1.29 is 4.42 Å². The van der Waals surface area contributed by atoms with E-state index < -0.39 is 0 Å². The van der Waals surface area contributed by atoms with Crippen LogP contribution < -0.4 is 10.6 Å². The Hall–Kier alpha value is -0.800. The molecule has 0 aliphatic carbocycles. The van der Waals surface area contributed by atoms with Crippen LogP contribution in [0.15, 0.2) is 22.8 Å². The molecule has 2 N–H and O–H groups in total. The molecule has 18 heavy (non-hydrogen) atoms. The summed E-state index contributed by atoms with van der Waals surface area (Å²) < 4.78 is 5.35. The van der Waals surface area contributed by atoms with Crippen LogP contribution in [0, 0.1) is 5.41 Å². The molecule has 1 aromatic heterocycles. The second-order valence-electron chi connectivity index (χ2n) is 5.51. The van der Waals surface area contributed by atoms with Gasteiger partial charge in [-0.25, -0.2) is 0 Å². The highest BCUT2D eigenvalue weighted by Gasteiger charge is 2.30. The second kappa shape index (κ2) is 6.95. The lowest BCUT2D eigenvalue weighted by Crippen LogP contribution is -2.43. The van der Waals surface area contributed by atoms with Crippen molar-refractivity contribution in [1.29, 1.82) is 0 Å². The summed E-state index contributed by atoms with van der Waals surface area (Å²) in [6.45, 7) is 6.84. The molecule has 0 aromatic carbocycles. The zero-order chi connectivity index (χ0) is 12.7. The Bertz CT molecular complexity index is 310. The largest absolute Gasteiger partial charge is 0.469 e. The van der Waals surface area contributed by atoms with E-state index in [-0.39, 0.29) is 0 Å². The lowest BCUT2D eigenvalue weighted by atomic mass is 9.75. The number of hydrogen-bond acceptors (Lipinski definition) is 3. The van der Waals surface area contributed by atoms with Crippen molar-refractivity contribution in [3.8, 4) is 0 Å². The molecule has 1 aliphatic heterocycles. The average Bonchev–Trinajstić information content (AvgIpc) is 2.89. The van der Waals surface area contributed by atoms with E-state index in [0.717, 1.165) is 25.3 Å². The van der Waals surface area contributed by atoms with Crippen molar-refractivity contribution in [2.45, 2.75) is 39.0 Å². The first kappa shape index (κ1) is 13.6. The molecule has 0 bridgehead atoms. The normalized spacial score (nSPS) is 18.9. The van der Waals surface area contributed by atoms with Crippen molar-refractivity contribution in [3.63, 3.8) is 0 Å². The predicted molar refractivity (Wildman–Crippen MR) is 74.7 cm³/mol. The summed E-state index contributed by atoms with van der Waals surface area (Å²) in [5.41, 5.74) is 0.531. The maximum Gasteiger partial charge on any atom is 0.105 e. The van der Waals surface area contributed by atoms with E-state index in [1.807, 2.05) is 12.1 Å². The maximum atomic E-state index is 5.35. The number of hydrogen-bond donors (Lipinski definition) is 2. The molecule has 2 heterocycles. The van der Waals surface area contributed by atoms with E-state index >= 15 is 0 Å². The predicted octanol–water partition coefficient (Wildman–Crippen LogP) is 2.58. The SMILES string of the molecule is CCCC1(CNCCc2ccco2)CCNCC1. The van der Waals surface area contributed by atoms with Crippen LogP contribution in [0.5, 0.6) is 0 Å². The Morgan fingerprint density at radius 3 is 2.89 bits per heavy atom. The van der Waals surface area contributed by atoms with Crippen LogP contribution in [-0.2, 0) is 6.42 Å². The maximum absolute atomic E-state index is 5.35. The van der Waals surface area contributed by atoms with Crippen molar-refractivity contribution in [2.75, 3.05) is 26.2 Å². The smallest absolute Gasteiger partial charge is 0.105 e. The third-order valence-electron chi connectivity index (χ3n) is 4.07. The van der Waals surface area contributed by atoms with Gasteiger partial charge in [0.2, 0.25) is 0 Å². The fraction of sp³-hybridized carbons (Fsp3) is 0.733. The van der Waals surface area contributed by atoms with Crippen LogP contribution in [0.4, 0.5) is 0 Å². The Morgan fingerprint density at radius 2 is 2.22 bits per heavy atom. The first-order valence-corrected chi connectivity index (χ1v) is 7.28. The minimum Gasteiger partial charge on any atom is -0.469 e. The molecule has 1 aromatic rings. The average molecular weight is 250 g/mol. The molecule has 0 spiro atoms. The Morgan fingerprint density at radius 1 is 1.39 bits per heavy atom. The van der Waals surface area contributed by atoms with E-state index in [9.17, 15) is 0 Å². The van der Waals surface area contributed by atoms with Crippen LogP contribution in [0.25, 0.3) is 0 Å². The van der Waals surface area contributed by atoms with Gasteiger partial charge in [0.05, 0.1) is 6.26 Å². The highest BCUT2D eigenvalue weighted by molar-refractivity contribution is 4.98. The Balaban J connectivity index is 1.72. The van der Waals surface area contributed by atoms with E-state index in [1.165, 1.54) is 38.8 Å². The summed E-state index contributed by atoms with van der Waals surface area (Å²) in [6, 6.07) is 4.01. The molecule has 3 heteroatoms. The molecule has 0 unspecified atom stereocenters. The highest BCUT2D eigenvalue weighted by atomic mass is 16.3. The van der Waals surface area contributed by atoms with Gasteiger partial charge in [0.1, 0.15) is 5.76 Å². The zero-order valence-electron chi connectivity index (χ0n) is 11.5. The summed E-state index contributed by atoms with van der Waals surface area (Å²) in [6.07, 6.45) is 8.01. The summed E-state index contributed by atoms with van der Waals surface area (Å²) in [5, 5.41) is 7.10. The van der Waals surface area contributed by atoms with Crippen molar-refractivity contribution in [2.24, 2.45) is 5.41 Å². The monoisotopic (exact) mass is 250 g/mol. The lowest BCUT2D eigenvalue weighted by Gasteiger charge is -2.38. The summed E-state index contributed by atoms with van der Waals surface area (Å²) >= 11 is 0. The van der Waals surface area contributed by atoms with Crippen LogP contribution in [0.3, 0.4) is 0 Å². The highest BCUT2D eigenvalue weighted by Crippen LogP contribution is 2.33. The van der Waals surface area contributed by atoms with Gasteiger partial charge in [-0.1, -0.05) is 13.3 Å². The molecule has 0 radical (unpaired) electrons. The third kappa shape index (κ3) is 3.85. The van der Waals surface area contributed by atoms with Gasteiger partial charge in [0, 0.05) is 19.5 Å². The molecule has 0 amide bonds. The van der Waals surface area contributed by atoms with Gasteiger partial charge in [0.25, 0.3) is 0 Å². The van der Waals surface area contributed by atoms with Crippen molar-refractivity contribution in [3.05, 3.63) is 24.2 Å². The Labute approximate surface area is 110 Å². The molecule has 102 valence electrons. The van der Waals surface area contributed by atoms with E-state index in [1.54, 1.807) is 6.26 Å². The number of piperidine rings is 1. The first-order chi connectivity index (χ1) is 8.85. The number of rotatable bonds is 7. The van der Waals surface area contributed by atoms with Gasteiger partial charge in [-0.05, 0) is 49.9 Å². The molecule has 0 atom stereocenters. The Kier molecular flexibility index (Phi) is 5.26. The van der Waals surface area contributed by atoms with Crippen LogP contribution >= 0.6 is 0 Å². The molecule has 1 saturated heterocycles. The first-order valence-electron chi connectivity index (χ1n) is 7.28. The molecule has 1 aliphatic rings. The molecule has 1 fully saturated rings. The molecule has 3 nitrogen and oxygen atoms in total. The van der Waals surface area contributed by atoms with Crippen molar-refractivity contribution >= 4 is 0 Å².